The second kappa shape index (κ2) is 3.25. The van der Waals surface area contributed by atoms with E-state index in [1.54, 1.807) is 20.8 Å². The first kappa shape index (κ1) is 11.5. The highest BCUT2D eigenvalue weighted by Gasteiger charge is 2.64. The van der Waals surface area contributed by atoms with Crippen molar-refractivity contribution in [3.05, 3.63) is 35.4 Å². The van der Waals surface area contributed by atoms with Gasteiger partial charge < -0.3 is 9.84 Å². The molecule has 1 aromatic carbocycles. The van der Waals surface area contributed by atoms with Gasteiger partial charge in [0, 0.05) is 17.0 Å². The van der Waals surface area contributed by atoms with Crippen molar-refractivity contribution in [3.63, 3.8) is 0 Å². The van der Waals surface area contributed by atoms with Crippen LogP contribution in [0.3, 0.4) is 0 Å². The van der Waals surface area contributed by atoms with Gasteiger partial charge >= 0.3 is 0 Å². The molecule has 1 aromatic rings. The molecule has 88 valence electrons. The number of epoxide rings is 1. The Bertz CT molecular complexity index is 426. The molecule has 0 amide bonds. The lowest BCUT2D eigenvalue weighted by atomic mass is 9.85. The molecule has 0 spiro atoms. The lowest BCUT2D eigenvalue weighted by molar-refractivity contribution is -0.0540. The van der Waals surface area contributed by atoms with Crippen LogP contribution in [-0.2, 0) is 4.74 Å². The number of rotatable bonds is 1. The van der Waals surface area contributed by atoms with E-state index in [0.717, 1.165) is 12.1 Å². The quantitative estimate of drug-likeness (QED) is 0.750. The summed E-state index contributed by atoms with van der Waals surface area (Å²) in [5, 5.41) is 10.1. The molecule has 2 atom stereocenters. The fraction of sp³-hybridized carbons (Fsp3) is 0.500. The van der Waals surface area contributed by atoms with Crippen LogP contribution in [0.4, 0.5) is 8.78 Å². The zero-order chi connectivity index (χ0) is 12.1. The summed E-state index contributed by atoms with van der Waals surface area (Å²) in [5.74, 6) is -2.70. The highest BCUT2D eigenvalue weighted by atomic mass is 19.1. The topological polar surface area (TPSA) is 32.8 Å². The van der Waals surface area contributed by atoms with E-state index in [1.807, 2.05) is 0 Å². The van der Waals surface area contributed by atoms with E-state index >= 15 is 0 Å². The minimum absolute atomic E-state index is 0.193. The maximum absolute atomic E-state index is 13.4. The molecule has 1 fully saturated rings. The minimum atomic E-state index is -1.37. The van der Waals surface area contributed by atoms with Crippen LogP contribution < -0.4 is 0 Å². The van der Waals surface area contributed by atoms with Gasteiger partial charge in [0.1, 0.15) is 17.7 Å². The molecule has 0 saturated carbocycles. The van der Waals surface area contributed by atoms with Gasteiger partial charge in [0.15, 0.2) is 0 Å². The Morgan fingerprint density at radius 1 is 1.31 bits per heavy atom. The van der Waals surface area contributed by atoms with E-state index in [2.05, 4.69) is 0 Å². The zero-order valence-corrected chi connectivity index (χ0v) is 9.42. The third kappa shape index (κ3) is 1.62. The van der Waals surface area contributed by atoms with Crippen molar-refractivity contribution in [3.8, 4) is 0 Å². The minimum Gasteiger partial charge on any atom is -0.363 e. The second-order valence-electron chi connectivity index (χ2n) is 5.11. The first-order chi connectivity index (χ1) is 7.25. The van der Waals surface area contributed by atoms with Crippen molar-refractivity contribution < 1.29 is 18.6 Å². The molecule has 1 heterocycles. The summed E-state index contributed by atoms with van der Waals surface area (Å²) >= 11 is 0. The first-order valence-corrected chi connectivity index (χ1v) is 5.11. The second-order valence-corrected chi connectivity index (χ2v) is 5.11. The summed E-state index contributed by atoms with van der Waals surface area (Å²) in [6, 6.07) is 3.25. The van der Waals surface area contributed by atoms with Gasteiger partial charge in [-0.1, -0.05) is 26.8 Å². The Hall–Kier alpha value is -1.00. The van der Waals surface area contributed by atoms with Crippen LogP contribution in [-0.4, -0.2) is 10.9 Å². The molecule has 1 aliphatic rings. The van der Waals surface area contributed by atoms with Gasteiger partial charge in [-0.25, -0.2) is 8.78 Å². The molecular weight excluding hydrogens is 214 g/mol. The summed E-state index contributed by atoms with van der Waals surface area (Å²) in [5.41, 5.74) is -0.322. The van der Waals surface area contributed by atoms with E-state index in [1.165, 1.54) is 6.07 Å². The number of aliphatic hydroxyl groups is 1. The molecule has 0 aromatic heterocycles. The molecular formula is C12H14F2O2. The maximum atomic E-state index is 13.4. The molecule has 1 N–H and O–H groups in total. The standard InChI is InChI=1S/C12H14F2O2/c1-11(2,3)12(15)10(16-12)8-5-4-7(13)6-9(8)14/h4-6,10,15H,1-3H3. The van der Waals surface area contributed by atoms with Crippen LogP contribution in [0.5, 0.6) is 0 Å². The Labute approximate surface area is 92.9 Å². The van der Waals surface area contributed by atoms with Gasteiger partial charge in [-0.3, -0.25) is 0 Å². The lowest BCUT2D eigenvalue weighted by Gasteiger charge is -2.22. The predicted octanol–water partition coefficient (Wildman–Crippen LogP) is 2.77. The molecule has 1 aliphatic heterocycles. The van der Waals surface area contributed by atoms with Crippen molar-refractivity contribution in [2.24, 2.45) is 5.41 Å². The molecule has 2 unspecified atom stereocenters. The Balaban J connectivity index is 2.30. The lowest BCUT2D eigenvalue weighted by Crippen LogP contribution is -2.30. The summed E-state index contributed by atoms with van der Waals surface area (Å²) in [6.45, 7) is 5.40. The fourth-order valence-electron chi connectivity index (χ4n) is 1.70. The fourth-order valence-corrected chi connectivity index (χ4v) is 1.70. The molecule has 1 saturated heterocycles. The van der Waals surface area contributed by atoms with Gasteiger partial charge in [-0.05, 0) is 6.07 Å². The van der Waals surface area contributed by atoms with Crippen molar-refractivity contribution in [1.82, 2.24) is 0 Å². The van der Waals surface area contributed by atoms with Crippen molar-refractivity contribution >= 4 is 0 Å². The third-order valence-corrected chi connectivity index (χ3v) is 2.92. The van der Waals surface area contributed by atoms with Crippen LogP contribution in [0.2, 0.25) is 0 Å². The average Bonchev–Trinajstić information content (AvgIpc) is 2.78. The normalized spacial score (nSPS) is 29.2. The van der Waals surface area contributed by atoms with Crippen LogP contribution in [0.1, 0.15) is 32.4 Å². The molecule has 16 heavy (non-hydrogen) atoms. The largest absolute Gasteiger partial charge is 0.363 e. The van der Waals surface area contributed by atoms with E-state index in [-0.39, 0.29) is 5.56 Å². The summed E-state index contributed by atoms with van der Waals surface area (Å²) in [4.78, 5) is 0. The van der Waals surface area contributed by atoms with Crippen molar-refractivity contribution in [1.29, 1.82) is 0 Å². The van der Waals surface area contributed by atoms with Gasteiger partial charge in [0.2, 0.25) is 5.79 Å². The number of hydrogen-bond donors (Lipinski definition) is 1. The molecule has 0 bridgehead atoms. The highest BCUT2D eigenvalue weighted by molar-refractivity contribution is 5.27. The van der Waals surface area contributed by atoms with E-state index in [4.69, 9.17) is 4.74 Å². The SMILES string of the molecule is CC(C)(C)C1(O)OC1c1ccc(F)cc1F. The Morgan fingerprint density at radius 2 is 1.94 bits per heavy atom. The van der Waals surface area contributed by atoms with Crippen LogP contribution in [0.25, 0.3) is 0 Å². The van der Waals surface area contributed by atoms with Crippen LogP contribution in [0.15, 0.2) is 18.2 Å². The maximum Gasteiger partial charge on any atom is 0.202 e. The smallest absolute Gasteiger partial charge is 0.202 e. The van der Waals surface area contributed by atoms with Gasteiger partial charge in [-0.2, -0.15) is 0 Å². The predicted molar refractivity (Wildman–Crippen MR) is 54.6 cm³/mol. The molecule has 0 radical (unpaired) electrons. The van der Waals surface area contributed by atoms with Crippen molar-refractivity contribution in [2.75, 3.05) is 0 Å². The highest BCUT2D eigenvalue weighted by Crippen LogP contribution is 2.57. The summed E-state index contributed by atoms with van der Waals surface area (Å²) < 4.78 is 31.3. The number of benzene rings is 1. The zero-order valence-electron chi connectivity index (χ0n) is 9.42. The summed E-state index contributed by atoms with van der Waals surface area (Å²) in [6.07, 6.45) is -0.715. The van der Waals surface area contributed by atoms with E-state index < -0.39 is 28.9 Å². The number of halogens is 2. The monoisotopic (exact) mass is 228 g/mol. The van der Waals surface area contributed by atoms with Crippen LogP contribution in [0, 0.1) is 17.0 Å². The summed E-state index contributed by atoms with van der Waals surface area (Å²) in [7, 11) is 0. The van der Waals surface area contributed by atoms with E-state index in [9.17, 15) is 13.9 Å². The number of hydrogen-bond acceptors (Lipinski definition) is 2. The Kier molecular flexibility index (Phi) is 2.33. The first-order valence-electron chi connectivity index (χ1n) is 5.11. The Morgan fingerprint density at radius 3 is 2.38 bits per heavy atom. The average molecular weight is 228 g/mol. The van der Waals surface area contributed by atoms with Gasteiger partial charge in [0.25, 0.3) is 0 Å². The van der Waals surface area contributed by atoms with Gasteiger partial charge in [0.05, 0.1) is 0 Å². The molecule has 4 heteroatoms. The third-order valence-electron chi connectivity index (χ3n) is 2.92. The molecule has 2 nitrogen and oxygen atoms in total. The van der Waals surface area contributed by atoms with Gasteiger partial charge in [-0.15, -0.1) is 0 Å². The molecule has 0 aliphatic carbocycles. The van der Waals surface area contributed by atoms with Crippen molar-refractivity contribution in [2.45, 2.75) is 32.7 Å². The van der Waals surface area contributed by atoms with Crippen LogP contribution >= 0.6 is 0 Å². The number of ether oxygens (including phenoxy) is 1. The van der Waals surface area contributed by atoms with E-state index in [0.29, 0.717) is 0 Å². The molecule has 2 rings (SSSR count).